The molecule has 0 aliphatic heterocycles. The number of nitrogens with zero attached hydrogens (tertiary/aromatic N) is 2. The average Bonchev–Trinajstić information content (AvgIpc) is 2.47. The van der Waals surface area contributed by atoms with Gasteiger partial charge in [-0.15, -0.1) is 0 Å². The van der Waals surface area contributed by atoms with Crippen molar-refractivity contribution in [2.45, 2.75) is 6.54 Å². The van der Waals surface area contributed by atoms with Crippen molar-refractivity contribution in [3.8, 4) is 11.8 Å². The van der Waals surface area contributed by atoms with Crippen LogP contribution < -0.4 is 14.8 Å². The minimum absolute atomic E-state index is 0.278. The highest BCUT2D eigenvalue weighted by Gasteiger charge is 2.13. The standard InChI is InChI=1S/C13H13BrFN3O2/c1-19-12-9(13(20-2)18-7-17-12)6-16-11-5-8(14)3-4-10(11)15/h3-5,7,16H,6H2,1-2H3. The van der Waals surface area contributed by atoms with Crippen LogP contribution in [0.1, 0.15) is 5.56 Å². The molecule has 5 nitrogen and oxygen atoms in total. The molecule has 2 rings (SSSR count). The second-order valence-electron chi connectivity index (χ2n) is 3.85. The second-order valence-corrected chi connectivity index (χ2v) is 4.76. The molecule has 0 amide bonds. The number of aromatic nitrogens is 2. The van der Waals surface area contributed by atoms with Crippen molar-refractivity contribution in [3.63, 3.8) is 0 Å². The lowest BCUT2D eigenvalue weighted by Gasteiger charge is -2.13. The lowest BCUT2D eigenvalue weighted by Crippen LogP contribution is -2.07. The molecule has 0 radical (unpaired) electrons. The second kappa shape index (κ2) is 6.51. The molecule has 1 N–H and O–H groups in total. The zero-order valence-electron chi connectivity index (χ0n) is 11.0. The summed E-state index contributed by atoms with van der Waals surface area (Å²) in [5, 5.41) is 2.97. The van der Waals surface area contributed by atoms with Crippen molar-refractivity contribution < 1.29 is 13.9 Å². The molecule has 0 saturated carbocycles. The Morgan fingerprint density at radius 3 is 2.45 bits per heavy atom. The lowest BCUT2D eigenvalue weighted by atomic mass is 10.2. The van der Waals surface area contributed by atoms with Gasteiger partial charge in [0.05, 0.1) is 32.0 Å². The molecule has 0 saturated heterocycles. The van der Waals surface area contributed by atoms with Crippen LogP contribution in [0.15, 0.2) is 29.0 Å². The molecule has 0 aliphatic rings. The Hall–Kier alpha value is -1.89. The minimum Gasteiger partial charge on any atom is -0.481 e. The number of halogens is 2. The summed E-state index contributed by atoms with van der Waals surface area (Å²) < 4.78 is 24.8. The first-order valence-corrected chi connectivity index (χ1v) is 6.55. The van der Waals surface area contributed by atoms with Crippen LogP contribution in [0.4, 0.5) is 10.1 Å². The largest absolute Gasteiger partial charge is 0.481 e. The van der Waals surface area contributed by atoms with Gasteiger partial charge in [0.25, 0.3) is 0 Å². The number of hydrogen-bond acceptors (Lipinski definition) is 5. The number of anilines is 1. The first-order valence-electron chi connectivity index (χ1n) is 5.76. The topological polar surface area (TPSA) is 56.3 Å². The van der Waals surface area contributed by atoms with Gasteiger partial charge in [-0.05, 0) is 18.2 Å². The van der Waals surface area contributed by atoms with Gasteiger partial charge in [-0.3, -0.25) is 0 Å². The Morgan fingerprint density at radius 1 is 1.20 bits per heavy atom. The minimum atomic E-state index is -0.344. The number of nitrogens with one attached hydrogen (secondary N) is 1. The van der Waals surface area contributed by atoms with Crippen LogP contribution in [0.2, 0.25) is 0 Å². The van der Waals surface area contributed by atoms with Crippen molar-refractivity contribution in [2.75, 3.05) is 19.5 Å². The van der Waals surface area contributed by atoms with E-state index in [9.17, 15) is 4.39 Å². The fourth-order valence-electron chi connectivity index (χ4n) is 1.70. The fourth-order valence-corrected chi connectivity index (χ4v) is 2.06. The number of benzene rings is 1. The molecule has 7 heteroatoms. The molecule has 1 aromatic carbocycles. The Morgan fingerprint density at radius 2 is 1.85 bits per heavy atom. The van der Waals surface area contributed by atoms with Crippen molar-refractivity contribution in [1.29, 1.82) is 0 Å². The molecular weight excluding hydrogens is 329 g/mol. The molecule has 2 aromatic rings. The quantitative estimate of drug-likeness (QED) is 0.905. The third kappa shape index (κ3) is 3.16. The summed E-state index contributed by atoms with van der Waals surface area (Å²) in [6.45, 7) is 0.278. The summed E-state index contributed by atoms with van der Waals surface area (Å²) >= 11 is 3.30. The highest BCUT2D eigenvalue weighted by atomic mass is 79.9. The zero-order chi connectivity index (χ0) is 14.5. The predicted molar refractivity (Wildman–Crippen MR) is 76.6 cm³/mol. The van der Waals surface area contributed by atoms with E-state index in [-0.39, 0.29) is 12.4 Å². The highest BCUT2D eigenvalue weighted by molar-refractivity contribution is 9.10. The van der Waals surface area contributed by atoms with Gasteiger partial charge in [0, 0.05) is 4.47 Å². The molecule has 0 bridgehead atoms. The Kier molecular flexibility index (Phi) is 4.73. The summed E-state index contributed by atoms with van der Waals surface area (Å²) in [6, 6.07) is 4.66. The molecule has 0 atom stereocenters. The Labute approximate surface area is 124 Å². The lowest BCUT2D eigenvalue weighted by molar-refractivity contribution is 0.363. The maximum absolute atomic E-state index is 13.7. The summed E-state index contributed by atoms with van der Waals surface area (Å²) in [6.07, 6.45) is 1.35. The molecule has 0 aliphatic carbocycles. The van der Waals surface area contributed by atoms with Crippen LogP contribution in [0, 0.1) is 5.82 Å². The van der Waals surface area contributed by atoms with Crippen molar-refractivity contribution in [3.05, 3.63) is 40.4 Å². The molecule has 0 spiro atoms. The van der Waals surface area contributed by atoms with E-state index in [4.69, 9.17) is 9.47 Å². The molecule has 0 unspecified atom stereocenters. The Bertz CT molecular complexity index is 588. The van der Waals surface area contributed by atoms with Crippen molar-refractivity contribution in [2.24, 2.45) is 0 Å². The maximum atomic E-state index is 13.7. The first-order chi connectivity index (χ1) is 9.65. The van der Waals surface area contributed by atoms with Crippen LogP contribution in [-0.2, 0) is 6.54 Å². The monoisotopic (exact) mass is 341 g/mol. The average molecular weight is 342 g/mol. The SMILES string of the molecule is COc1ncnc(OC)c1CNc1cc(Br)ccc1F. The van der Waals surface area contributed by atoms with Gasteiger partial charge >= 0.3 is 0 Å². The van der Waals surface area contributed by atoms with E-state index in [1.165, 1.54) is 26.6 Å². The van der Waals surface area contributed by atoms with E-state index in [1.54, 1.807) is 12.1 Å². The van der Waals surface area contributed by atoms with Crippen LogP contribution in [-0.4, -0.2) is 24.2 Å². The van der Waals surface area contributed by atoms with E-state index >= 15 is 0 Å². The molecule has 20 heavy (non-hydrogen) atoms. The molecule has 106 valence electrons. The smallest absolute Gasteiger partial charge is 0.225 e. The molecule has 1 aromatic heterocycles. The number of methoxy groups -OCH3 is 2. The number of hydrogen-bond donors (Lipinski definition) is 1. The summed E-state index contributed by atoms with van der Waals surface area (Å²) in [4.78, 5) is 8.00. The van der Waals surface area contributed by atoms with Gasteiger partial charge < -0.3 is 14.8 Å². The van der Waals surface area contributed by atoms with Gasteiger partial charge in [0.1, 0.15) is 12.1 Å². The van der Waals surface area contributed by atoms with E-state index in [2.05, 4.69) is 31.2 Å². The third-order valence-electron chi connectivity index (χ3n) is 2.64. The van der Waals surface area contributed by atoms with E-state index in [0.29, 0.717) is 23.0 Å². The van der Waals surface area contributed by atoms with Gasteiger partial charge in [-0.1, -0.05) is 15.9 Å². The molecular formula is C13H13BrFN3O2. The first kappa shape index (κ1) is 14.5. The normalized spacial score (nSPS) is 10.2. The van der Waals surface area contributed by atoms with Gasteiger partial charge in [0.2, 0.25) is 11.8 Å². The predicted octanol–water partition coefficient (Wildman–Crippen LogP) is 3.01. The van der Waals surface area contributed by atoms with Crippen LogP contribution in [0.5, 0.6) is 11.8 Å². The van der Waals surface area contributed by atoms with Crippen LogP contribution in [0.25, 0.3) is 0 Å². The molecule has 0 fully saturated rings. The fraction of sp³-hybridized carbons (Fsp3) is 0.231. The number of rotatable bonds is 5. The zero-order valence-corrected chi connectivity index (χ0v) is 12.6. The Balaban J connectivity index is 2.24. The van der Waals surface area contributed by atoms with Gasteiger partial charge in [-0.2, -0.15) is 0 Å². The van der Waals surface area contributed by atoms with Crippen LogP contribution >= 0.6 is 15.9 Å². The van der Waals surface area contributed by atoms with E-state index < -0.39 is 0 Å². The summed E-state index contributed by atoms with van der Waals surface area (Å²) in [5.74, 6) is 0.433. The number of ether oxygens (including phenoxy) is 2. The van der Waals surface area contributed by atoms with E-state index in [0.717, 1.165) is 4.47 Å². The van der Waals surface area contributed by atoms with Gasteiger partial charge in [0.15, 0.2) is 0 Å². The van der Waals surface area contributed by atoms with Gasteiger partial charge in [-0.25, -0.2) is 14.4 Å². The van der Waals surface area contributed by atoms with Crippen molar-refractivity contribution >= 4 is 21.6 Å². The maximum Gasteiger partial charge on any atom is 0.225 e. The molecule has 1 heterocycles. The van der Waals surface area contributed by atoms with Crippen LogP contribution in [0.3, 0.4) is 0 Å². The third-order valence-corrected chi connectivity index (χ3v) is 3.13. The van der Waals surface area contributed by atoms with Crippen molar-refractivity contribution in [1.82, 2.24) is 9.97 Å². The summed E-state index contributed by atoms with van der Waals surface area (Å²) in [5.41, 5.74) is 0.990. The summed E-state index contributed by atoms with van der Waals surface area (Å²) in [7, 11) is 3.01. The highest BCUT2D eigenvalue weighted by Crippen LogP contribution is 2.26. The van der Waals surface area contributed by atoms with E-state index in [1.807, 2.05) is 0 Å².